The number of aliphatic carboxylic acids is 1. The van der Waals surface area contributed by atoms with Crippen LogP contribution < -0.4 is 10.6 Å². The van der Waals surface area contributed by atoms with Crippen molar-refractivity contribution in [3.05, 3.63) is 0 Å². The Balaban J connectivity index is 2.57. The number of carboxylic acids is 1. The quantitative estimate of drug-likeness (QED) is 0.632. The Morgan fingerprint density at radius 2 is 2.12 bits per heavy atom. The van der Waals surface area contributed by atoms with Gasteiger partial charge in [0.05, 0.1) is 0 Å². The third-order valence-corrected chi connectivity index (χ3v) is 2.85. The molecule has 6 nitrogen and oxygen atoms in total. The van der Waals surface area contributed by atoms with E-state index in [0.29, 0.717) is 13.0 Å². The summed E-state index contributed by atoms with van der Waals surface area (Å²) in [7, 11) is 0. The van der Waals surface area contributed by atoms with Crippen molar-refractivity contribution >= 4 is 17.8 Å². The summed E-state index contributed by atoms with van der Waals surface area (Å²) in [4.78, 5) is 33.9. The molecule has 0 unspecified atom stereocenters. The molecule has 2 atom stereocenters. The van der Waals surface area contributed by atoms with Gasteiger partial charge in [0.25, 0.3) is 0 Å². The van der Waals surface area contributed by atoms with E-state index in [2.05, 4.69) is 10.6 Å². The minimum absolute atomic E-state index is 0.135. The lowest BCUT2D eigenvalue weighted by Gasteiger charge is -2.24. The Bertz CT molecular complexity index is 327. The van der Waals surface area contributed by atoms with E-state index in [1.54, 1.807) is 13.8 Å². The van der Waals surface area contributed by atoms with Gasteiger partial charge in [-0.15, -0.1) is 0 Å². The predicted molar refractivity (Wildman–Crippen MR) is 60.1 cm³/mol. The fourth-order valence-corrected chi connectivity index (χ4v) is 1.79. The first-order valence-corrected chi connectivity index (χ1v) is 5.71. The summed E-state index contributed by atoms with van der Waals surface area (Å²) in [5.74, 6) is -2.15. The van der Waals surface area contributed by atoms with Gasteiger partial charge in [0.1, 0.15) is 6.04 Å². The highest BCUT2D eigenvalue weighted by atomic mass is 16.4. The number of amides is 2. The normalized spacial score (nSPS) is 21.8. The summed E-state index contributed by atoms with van der Waals surface area (Å²) in [6, 6.07) is -0.896. The van der Waals surface area contributed by atoms with Crippen molar-refractivity contribution in [3.63, 3.8) is 0 Å². The van der Waals surface area contributed by atoms with Crippen molar-refractivity contribution < 1.29 is 19.5 Å². The summed E-state index contributed by atoms with van der Waals surface area (Å²) in [5, 5.41) is 14.1. The summed E-state index contributed by atoms with van der Waals surface area (Å²) < 4.78 is 0. The highest BCUT2D eigenvalue weighted by Gasteiger charge is 2.30. The van der Waals surface area contributed by atoms with Crippen molar-refractivity contribution in [2.75, 3.05) is 6.54 Å². The Kier molecular flexibility index (Phi) is 4.48. The molecule has 96 valence electrons. The van der Waals surface area contributed by atoms with Crippen LogP contribution in [0.4, 0.5) is 0 Å². The van der Waals surface area contributed by atoms with Crippen LogP contribution in [-0.2, 0) is 14.4 Å². The van der Waals surface area contributed by atoms with Crippen LogP contribution >= 0.6 is 0 Å². The van der Waals surface area contributed by atoms with Crippen LogP contribution in [0.1, 0.15) is 26.7 Å². The molecule has 0 aromatic carbocycles. The molecule has 2 amide bonds. The molecule has 0 aromatic rings. The molecule has 3 N–H and O–H groups in total. The van der Waals surface area contributed by atoms with Crippen LogP contribution in [-0.4, -0.2) is 35.5 Å². The Hall–Kier alpha value is -1.59. The maximum atomic E-state index is 11.8. The van der Waals surface area contributed by atoms with E-state index in [1.165, 1.54) is 0 Å². The lowest BCUT2D eigenvalue weighted by atomic mass is 9.95. The number of carbonyl (C=O) groups excluding carboxylic acids is 2. The number of piperidine rings is 1. The third-order valence-electron chi connectivity index (χ3n) is 2.85. The van der Waals surface area contributed by atoms with Crippen molar-refractivity contribution in [1.82, 2.24) is 10.6 Å². The monoisotopic (exact) mass is 242 g/mol. The standard InChI is InChI=1S/C11H18N2O4/c1-6(2)9(11(16)17)13-10(15)7-3-4-12-8(14)5-7/h6-7,9H,3-5H2,1-2H3,(H,12,14)(H,13,15)(H,16,17)/t7-,9+/m1/s1. The zero-order valence-corrected chi connectivity index (χ0v) is 10.0. The highest BCUT2D eigenvalue weighted by molar-refractivity contribution is 5.89. The maximum Gasteiger partial charge on any atom is 0.326 e. The zero-order valence-electron chi connectivity index (χ0n) is 10.0. The molecule has 0 spiro atoms. The van der Waals surface area contributed by atoms with E-state index < -0.39 is 17.9 Å². The van der Waals surface area contributed by atoms with Gasteiger partial charge in [-0.1, -0.05) is 13.8 Å². The molecule has 1 rings (SSSR count). The summed E-state index contributed by atoms with van der Waals surface area (Å²) in [6.07, 6.45) is 0.693. The lowest BCUT2D eigenvalue weighted by Crippen LogP contribution is -2.49. The second-order valence-electron chi connectivity index (χ2n) is 4.61. The minimum atomic E-state index is -1.05. The first-order chi connectivity index (χ1) is 7.91. The number of rotatable bonds is 4. The Labute approximate surface area is 99.8 Å². The lowest BCUT2D eigenvalue weighted by molar-refractivity contribution is -0.144. The van der Waals surface area contributed by atoms with Gasteiger partial charge in [-0.05, 0) is 12.3 Å². The van der Waals surface area contributed by atoms with Gasteiger partial charge < -0.3 is 15.7 Å². The van der Waals surface area contributed by atoms with E-state index >= 15 is 0 Å². The van der Waals surface area contributed by atoms with Gasteiger partial charge in [-0.25, -0.2) is 4.79 Å². The molecule has 17 heavy (non-hydrogen) atoms. The smallest absolute Gasteiger partial charge is 0.326 e. The molecule has 6 heteroatoms. The summed E-state index contributed by atoms with van der Waals surface area (Å²) in [6.45, 7) is 3.93. The van der Waals surface area contributed by atoms with Crippen molar-refractivity contribution in [3.8, 4) is 0 Å². The Morgan fingerprint density at radius 1 is 1.47 bits per heavy atom. The zero-order chi connectivity index (χ0) is 13.0. The van der Waals surface area contributed by atoms with Gasteiger partial charge in [0.2, 0.25) is 11.8 Å². The van der Waals surface area contributed by atoms with E-state index in [4.69, 9.17) is 5.11 Å². The summed E-state index contributed by atoms with van der Waals surface area (Å²) >= 11 is 0. The SMILES string of the molecule is CC(C)[C@H](NC(=O)[C@@H]1CCNC(=O)C1)C(=O)O. The van der Waals surface area contributed by atoms with Gasteiger partial charge >= 0.3 is 5.97 Å². The maximum absolute atomic E-state index is 11.8. The van der Waals surface area contributed by atoms with Gasteiger partial charge in [0.15, 0.2) is 0 Å². The van der Waals surface area contributed by atoms with Crippen molar-refractivity contribution in [2.45, 2.75) is 32.7 Å². The average Bonchev–Trinajstić information content (AvgIpc) is 2.24. The van der Waals surface area contributed by atoms with E-state index in [1.807, 2.05) is 0 Å². The van der Waals surface area contributed by atoms with E-state index in [0.717, 1.165) is 0 Å². The number of hydrogen-bond acceptors (Lipinski definition) is 3. The molecule has 0 radical (unpaired) electrons. The Morgan fingerprint density at radius 3 is 2.59 bits per heavy atom. The van der Waals surface area contributed by atoms with Gasteiger partial charge in [0, 0.05) is 18.9 Å². The fourth-order valence-electron chi connectivity index (χ4n) is 1.79. The number of carboxylic acid groups (broad SMARTS) is 1. The average molecular weight is 242 g/mol. The molecule has 1 heterocycles. The summed E-state index contributed by atoms with van der Waals surface area (Å²) in [5.41, 5.74) is 0. The van der Waals surface area contributed by atoms with Crippen LogP contribution in [0.3, 0.4) is 0 Å². The first-order valence-electron chi connectivity index (χ1n) is 5.71. The second-order valence-corrected chi connectivity index (χ2v) is 4.61. The van der Waals surface area contributed by atoms with Gasteiger partial charge in [-0.2, -0.15) is 0 Å². The minimum Gasteiger partial charge on any atom is -0.480 e. The van der Waals surface area contributed by atoms with Crippen LogP contribution in [0, 0.1) is 11.8 Å². The van der Waals surface area contributed by atoms with Crippen molar-refractivity contribution in [2.24, 2.45) is 11.8 Å². The van der Waals surface area contributed by atoms with Crippen LogP contribution in [0.15, 0.2) is 0 Å². The molecule has 1 aliphatic rings. The molecule has 0 bridgehead atoms. The van der Waals surface area contributed by atoms with Gasteiger partial charge in [-0.3, -0.25) is 9.59 Å². The largest absolute Gasteiger partial charge is 0.480 e. The number of carbonyl (C=O) groups is 3. The third kappa shape index (κ3) is 3.72. The number of hydrogen-bond donors (Lipinski definition) is 3. The topological polar surface area (TPSA) is 95.5 Å². The van der Waals surface area contributed by atoms with Crippen LogP contribution in [0.5, 0.6) is 0 Å². The molecule has 0 saturated carbocycles. The van der Waals surface area contributed by atoms with E-state index in [9.17, 15) is 14.4 Å². The second kappa shape index (κ2) is 5.65. The fraction of sp³-hybridized carbons (Fsp3) is 0.727. The first kappa shape index (κ1) is 13.5. The molecule has 0 aromatic heterocycles. The highest BCUT2D eigenvalue weighted by Crippen LogP contribution is 2.13. The van der Waals surface area contributed by atoms with Crippen molar-refractivity contribution in [1.29, 1.82) is 0 Å². The molecule has 0 aliphatic carbocycles. The molecular formula is C11H18N2O4. The number of nitrogens with one attached hydrogen (secondary N) is 2. The van der Waals surface area contributed by atoms with Crippen LogP contribution in [0.25, 0.3) is 0 Å². The predicted octanol–water partition coefficient (Wildman–Crippen LogP) is -0.262. The molecule has 1 fully saturated rings. The van der Waals surface area contributed by atoms with E-state index in [-0.39, 0.29) is 24.2 Å². The van der Waals surface area contributed by atoms with Crippen LogP contribution in [0.2, 0.25) is 0 Å². The molecule has 1 saturated heterocycles. The molecular weight excluding hydrogens is 224 g/mol. The molecule has 1 aliphatic heterocycles.